The van der Waals surface area contributed by atoms with Crippen molar-refractivity contribution >= 4 is 5.91 Å². The molecule has 0 saturated carbocycles. The van der Waals surface area contributed by atoms with Crippen LogP contribution in [0.25, 0.3) is 0 Å². The number of nitrogens with one attached hydrogen (secondary N) is 1. The van der Waals surface area contributed by atoms with Crippen molar-refractivity contribution < 1.29 is 9.90 Å². The Morgan fingerprint density at radius 1 is 1.62 bits per heavy atom. The van der Waals surface area contributed by atoms with Gasteiger partial charge < -0.3 is 10.4 Å². The number of piperidine rings is 1. The predicted molar refractivity (Wildman–Crippen MR) is 64.2 cm³/mol. The van der Waals surface area contributed by atoms with Crippen LogP contribution >= 0.6 is 0 Å². The summed E-state index contributed by atoms with van der Waals surface area (Å²) in [5, 5.41) is 12.5. The SMILES string of the molecule is CCCCNC(=O)C(C)N1CCC[C@H](O)C1. The molecule has 1 fully saturated rings. The van der Waals surface area contributed by atoms with Crippen molar-refractivity contribution in [1.29, 1.82) is 0 Å². The number of aliphatic hydroxyl groups excluding tert-OH is 1. The van der Waals surface area contributed by atoms with Gasteiger partial charge in [-0.3, -0.25) is 9.69 Å². The number of hydrogen-bond donors (Lipinski definition) is 2. The number of carbonyl (C=O) groups is 1. The Kier molecular flexibility index (Phi) is 5.77. The third-order valence-electron chi connectivity index (χ3n) is 3.18. The zero-order chi connectivity index (χ0) is 12.0. The first-order valence-corrected chi connectivity index (χ1v) is 6.35. The van der Waals surface area contributed by atoms with Crippen molar-refractivity contribution in [3.63, 3.8) is 0 Å². The lowest BCUT2D eigenvalue weighted by Gasteiger charge is -2.33. The zero-order valence-electron chi connectivity index (χ0n) is 10.4. The van der Waals surface area contributed by atoms with Gasteiger partial charge in [-0.25, -0.2) is 0 Å². The predicted octanol–water partition coefficient (Wildman–Crippen LogP) is 0.748. The molecule has 2 N–H and O–H groups in total. The van der Waals surface area contributed by atoms with Gasteiger partial charge in [0.15, 0.2) is 0 Å². The highest BCUT2D eigenvalue weighted by Gasteiger charge is 2.25. The first kappa shape index (κ1) is 13.5. The number of carbonyl (C=O) groups excluding carboxylic acids is 1. The van der Waals surface area contributed by atoms with Gasteiger partial charge in [0.05, 0.1) is 12.1 Å². The molecule has 4 heteroatoms. The average molecular weight is 228 g/mol. The molecular weight excluding hydrogens is 204 g/mol. The van der Waals surface area contributed by atoms with E-state index in [4.69, 9.17) is 0 Å². The summed E-state index contributed by atoms with van der Waals surface area (Å²) in [7, 11) is 0. The number of unbranched alkanes of at least 4 members (excludes halogenated alkanes) is 1. The first-order chi connectivity index (χ1) is 7.65. The van der Waals surface area contributed by atoms with Crippen molar-refractivity contribution in [2.24, 2.45) is 0 Å². The maximum Gasteiger partial charge on any atom is 0.237 e. The highest BCUT2D eigenvalue weighted by molar-refractivity contribution is 5.81. The van der Waals surface area contributed by atoms with Gasteiger partial charge in [0.2, 0.25) is 5.91 Å². The molecule has 0 spiro atoms. The van der Waals surface area contributed by atoms with Crippen molar-refractivity contribution in [2.75, 3.05) is 19.6 Å². The third-order valence-corrected chi connectivity index (χ3v) is 3.18. The summed E-state index contributed by atoms with van der Waals surface area (Å²) in [6.45, 7) is 6.33. The molecule has 1 aliphatic heterocycles. The lowest BCUT2D eigenvalue weighted by atomic mass is 10.1. The van der Waals surface area contributed by atoms with E-state index < -0.39 is 0 Å². The Bertz CT molecular complexity index is 221. The summed E-state index contributed by atoms with van der Waals surface area (Å²) in [5.41, 5.74) is 0. The molecule has 1 heterocycles. The summed E-state index contributed by atoms with van der Waals surface area (Å²) >= 11 is 0. The summed E-state index contributed by atoms with van der Waals surface area (Å²) in [4.78, 5) is 13.9. The van der Waals surface area contributed by atoms with Crippen LogP contribution in [-0.2, 0) is 4.79 Å². The van der Waals surface area contributed by atoms with Crippen molar-refractivity contribution in [3.05, 3.63) is 0 Å². The van der Waals surface area contributed by atoms with Crippen LogP contribution in [-0.4, -0.2) is 47.7 Å². The Hall–Kier alpha value is -0.610. The number of aliphatic hydroxyl groups is 1. The van der Waals surface area contributed by atoms with Crippen LogP contribution in [0.5, 0.6) is 0 Å². The molecule has 0 radical (unpaired) electrons. The van der Waals surface area contributed by atoms with Gasteiger partial charge in [-0.1, -0.05) is 13.3 Å². The summed E-state index contributed by atoms with van der Waals surface area (Å²) in [6.07, 6.45) is 3.70. The molecule has 1 aliphatic rings. The van der Waals surface area contributed by atoms with Gasteiger partial charge >= 0.3 is 0 Å². The van der Waals surface area contributed by atoms with Crippen molar-refractivity contribution in [3.8, 4) is 0 Å². The van der Waals surface area contributed by atoms with Crippen LogP contribution in [0.4, 0.5) is 0 Å². The minimum Gasteiger partial charge on any atom is -0.392 e. The van der Waals surface area contributed by atoms with Crippen LogP contribution in [0.1, 0.15) is 39.5 Å². The fraction of sp³-hybridized carbons (Fsp3) is 0.917. The smallest absolute Gasteiger partial charge is 0.237 e. The van der Waals surface area contributed by atoms with Gasteiger partial charge in [0.1, 0.15) is 0 Å². The molecule has 0 aromatic rings. The fourth-order valence-corrected chi connectivity index (χ4v) is 2.04. The summed E-state index contributed by atoms with van der Waals surface area (Å²) in [5.74, 6) is 0.0857. The standard InChI is InChI=1S/C12H24N2O2/c1-3-4-7-13-12(16)10(2)14-8-5-6-11(15)9-14/h10-11,15H,3-9H2,1-2H3,(H,13,16)/t10?,11-/m0/s1. The van der Waals surface area contributed by atoms with Gasteiger partial charge in [-0.05, 0) is 32.7 Å². The van der Waals surface area contributed by atoms with E-state index in [1.54, 1.807) is 0 Å². The van der Waals surface area contributed by atoms with E-state index in [2.05, 4.69) is 17.1 Å². The maximum atomic E-state index is 11.8. The fourth-order valence-electron chi connectivity index (χ4n) is 2.04. The Morgan fingerprint density at radius 2 is 2.38 bits per heavy atom. The van der Waals surface area contributed by atoms with Crippen LogP contribution in [0.2, 0.25) is 0 Å². The molecule has 0 aromatic carbocycles. The Balaban J connectivity index is 2.31. The maximum absolute atomic E-state index is 11.8. The number of likely N-dealkylation sites (tertiary alicyclic amines) is 1. The van der Waals surface area contributed by atoms with Crippen molar-refractivity contribution in [1.82, 2.24) is 10.2 Å². The van der Waals surface area contributed by atoms with E-state index in [1.807, 2.05) is 6.92 Å². The monoisotopic (exact) mass is 228 g/mol. The van der Waals surface area contributed by atoms with E-state index >= 15 is 0 Å². The molecule has 4 nitrogen and oxygen atoms in total. The van der Waals surface area contributed by atoms with E-state index in [1.165, 1.54) is 0 Å². The topological polar surface area (TPSA) is 52.6 Å². The van der Waals surface area contributed by atoms with E-state index in [9.17, 15) is 9.90 Å². The number of rotatable bonds is 5. The number of β-amino-alcohol motifs (C(OH)–C–C–N with tert-alkyl or cyclic N) is 1. The summed E-state index contributed by atoms with van der Waals surface area (Å²) in [6, 6.07) is -0.119. The molecule has 94 valence electrons. The Labute approximate surface area is 98.0 Å². The highest BCUT2D eigenvalue weighted by atomic mass is 16.3. The molecule has 0 bridgehead atoms. The number of hydrogen-bond acceptors (Lipinski definition) is 3. The molecule has 16 heavy (non-hydrogen) atoms. The lowest BCUT2D eigenvalue weighted by Crippen LogP contribution is -2.50. The zero-order valence-corrected chi connectivity index (χ0v) is 10.4. The number of nitrogens with zero attached hydrogens (tertiary/aromatic N) is 1. The second-order valence-corrected chi connectivity index (χ2v) is 4.61. The third kappa shape index (κ3) is 4.10. The van der Waals surface area contributed by atoms with Crippen LogP contribution in [0, 0.1) is 0 Å². The molecular formula is C12H24N2O2. The van der Waals surface area contributed by atoms with Crippen LogP contribution in [0.15, 0.2) is 0 Å². The lowest BCUT2D eigenvalue weighted by molar-refractivity contribution is -0.127. The van der Waals surface area contributed by atoms with Gasteiger partial charge in [0.25, 0.3) is 0 Å². The van der Waals surface area contributed by atoms with E-state index in [0.29, 0.717) is 6.54 Å². The molecule has 1 unspecified atom stereocenters. The second-order valence-electron chi connectivity index (χ2n) is 4.61. The first-order valence-electron chi connectivity index (χ1n) is 6.35. The summed E-state index contributed by atoms with van der Waals surface area (Å²) < 4.78 is 0. The van der Waals surface area contributed by atoms with Gasteiger partial charge in [-0.15, -0.1) is 0 Å². The van der Waals surface area contributed by atoms with Gasteiger partial charge in [0, 0.05) is 13.1 Å². The van der Waals surface area contributed by atoms with E-state index in [-0.39, 0.29) is 18.1 Å². The Morgan fingerprint density at radius 3 is 3.00 bits per heavy atom. The van der Waals surface area contributed by atoms with Crippen LogP contribution < -0.4 is 5.32 Å². The second kappa shape index (κ2) is 6.86. The minimum atomic E-state index is -0.264. The molecule has 1 saturated heterocycles. The van der Waals surface area contributed by atoms with Crippen molar-refractivity contribution in [2.45, 2.75) is 51.7 Å². The molecule has 2 atom stereocenters. The normalized spacial score (nSPS) is 24.1. The molecule has 0 aliphatic carbocycles. The highest BCUT2D eigenvalue weighted by Crippen LogP contribution is 2.12. The number of amides is 1. The molecule has 1 rings (SSSR count). The molecule has 0 aromatic heterocycles. The van der Waals surface area contributed by atoms with Crippen LogP contribution in [0.3, 0.4) is 0 Å². The molecule has 1 amide bonds. The minimum absolute atomic E-state index is 0.0857. The quantitative estimate of drug-likeness (QED) is 0.683. The largest absolute Gasteiger partial charge is 0.392 e. The van der Waals surface area contributed by atoms with E-state index in [0.717, 1.165) is 38.8 Å². The van der Waals surface area contributed by atoms with Gasteiger partial charge in [-0.2, -0.15) is 0 Å². The average Bonchev–Trinajstić information content (AvgIpc) is 2.28.